The van der Waals surface area contributed by atoms with Gasteiger partial charge in [0.2, 0.25) is 0 Å². The van der Waals surface area contributed by atoms with Crippen LogP contribution < -0.4 is 15.0 Å². The summed E-state index contributed by atoms with van der Waals surface area (Å²) in [5.41, 5.74) is 1.44. The van der Waals surface area contributed by atoms with Crippen molar-refractivity contribution in [2.24, 2.45) is 0 Å². The van der Waals surface area contributed by atoms with Crippen molar-refractivity contribution in [2.45, 2.75) is 51.2 Å². The fourth-order valence-electron chi connectivity index (χ4n) is 3.94. The van der Waals surface area contributed by atoms with Gasteiger partial charge in [0, 0.05) is 31.0 Å². The van der Waals surface area contributed by atoms with E-state index >= 15 is 0 Å². The van der Waals surface area contributed by atoms with E-state index in [1.54, 1.807) is 23.9 Å². The largest absolute Gasteiger partial charge is 0.494 e. The van der Waals surface area contributed by atoms with Crippen LogP contribution in [0.25, 0.3) is 11.0 Å². The molecule has 0 spiro atoms. The molecule has 33 heavy (non-hydrogen) atoms. The number of piperidine rings is 1. The second-order valence-electron chi connectivity index (χ2n) is 8.04. The van der Waals surface area contributed by atoms with Gasteiger partial charge in [-0.15, -0.1) is 0 Å². The molecule has 3 heterocycles. The minimum absolute atomic E-state index is 0.114. The molecular formula is C24H32N6O2S. The molecular weight excluding hydrogens is 436 g/mol. The SMILES string of the molecule is CCCSc1nc(N2CCCCC2)c2cnn(CCNC(=O)c3ccc(OCC)cc3)c2n1. The summed E-state index contributed by atoms with van der Waals surface area (Å²) < 4.78 is 7.31. The second kappa shape index (κ2) is 11.4. The minimum atomic E-state index is -0.114. The number of benzene rings is 1. The molecule has 0 bridgehead atoms. The maximum atomic E-state index is 12.5. The Morgan fingerprint density at radius 1 is 1.12 bits per heavy atom. The number of amides is 1. The van der Waals surface area contributed by atoms with E-state index in [-0.39, 0.29) is 5.91 Å². The zero-order valence-corrected chi connectivity index (χ0v) is 20.2. The van der Waals surface area contributed by atoms with Crippen molar-refractivity contribution >= 4 is 34.5 Å². The van der Waals surface area contributed by atoms with Crippen molar-refractivity contribution in [2.75, 3.05) is 36.9 Å². The molecule has 1 saturated heterocycles. The lowest BCUT2D eigenvalue weighted by Gasteiger charge is -2.28. The Morgan fingerprint density at radius 3 is 2.64 bits per heavy atom. The quantitative estimate of drug-likeness (QED) is 0.353. The molecule has 4 rings (SSSR count). The van der Waals surface area contributed by atoms with E-state index in [2.05, 4.69) is 22.2 Å². The predicted octanol–water partition coefficient (Wildman–Crippen LogP) is 4.15. The van der Waals surface area contributed by atoms with Crippen LogP contribution in [-0.4, -0.2) is 57.6 Å². The number of ether oxygens (including phenoxy) is 1. The molecule has 1 amide bonds. The first-order valence-electron chi connectivity index (χ1n) is 11.8. The zero-order chi connectivity index (χ0) is 23.0. The van der Waals surface area contributed by atoms with E-state index in [0.29, 0.717) is 25.3 Å². The number of fused-ring (bicyclic) bond motifs is 1. The van der Waals surface area contributed by atoms with Crippen LogP contribution >= 0.6 is 11.8 Å². The Hall–Kier alpha value is -2.81. The fraction of sp³-hybridized carbons (Fsp3) is 0.500. The molecule has 0 unspecified atom stereocenters. The third-order valence-corrected chi connectivity index (χ3v) is 6.64. The van der Waals surface area contributed by atoms with Crippen LogP contribution in [0.3, 0.4) is 0 Å². The number of rotatable bonds is 10. The van der Waals surface area contributed by atoms with Crippen molar-refractivity contribution in [3.8, 4) is 5.75 Å². The van der Waals surface area contributed by atoms with Crippen LogP contribution in [0.4, 0.5) is 5.82 Å². The van der Waals surface area contributed by atoms with Crippen LogP contribution in [0.1, 0.15) is 49.9 Å². The number of aromatic nitrogens is 4. The number of hydrogen-bond acceptors (Lipinski definition) is 7. The lowest BCUT2D eigenvalue weighted by Crippen LogP contribution is -2.30. The minimum Gasteiger partial charge on any atom is -0.494 e. The molecule has 1 aliphatic heterocycles. The molecule has 3 aromatic rings. The number of thioether (sulfide) groups is 1. The number of hydrogen-bond donors (Lipinski definition) is 1. The van der Waals surface area contributed by atoms with Gasteiger partial charge >= 0.3 is 0 Å². The molecule has 9 heteroatoms. The van der Waals surface area contributed by atoms with Gasteiger partial charge in [-0.3, -0.25) is 4.79 Å². The number of carbonyl (C=O) groups excluding carboxylic acids is 1. The first-order valence-corrected chi connectivity index (χ1v) is 12.8. The van der Waals surface area contributed by atoms with Crippen molar-refractivity contribution < 1.29 is 9.53 Å². The molecule has 1 aromatic carbocycles. The number of nitrogens with one attached hydrogen (secondary N) is 1. The van der Waals surface area contributed by atoms with Crippen LogP contribution in [-0.2, 0) is 6.54 Å². The average Bonchev–Trinajstić information content (AvgIpc) is 3.26. The van der Waals surface area contributed by atoms with E-state index in [0.717, 1.165) is 53.0 Å². The highest BCUT2D eigenvalue weighted by atomic mass is 32.2. The maximum Gasteiger partial charge on any atom is 0.251 e. The summed E-state index contributed by atoms with van der Waals surface area (Å²) in [6, 6.07) is 7.18. The summed E-state index contributed by atoms with van der Waals surface area (Å²) in [5.74, 6) is 2.62. The summed E-state index contributed by atoms with van der Waals surface area (Å²) >= 11 is 1.69. The zero-order valence-electron chi connectivity index (χ0n) is 19.4. The van der Waals surface area contributed by atoms with Crippen LogP contribution in [0.2, 0.25) is 0 Å². The van der Waals surface area contributed by atoms with E-state index in [1.807, 2.05) is 29.9 Å². The Bertz CT molecular complexity index is 1060. The topological polar surface area (TPSA) is 85.2 Å². The monoisotopic (exact) mass is 468 g/mol. The number of anilines is 1. The summed E-state index contributed by atoms with van der Waals surface area (Å²) in [5, 5.41) is 9.34. The van der Waals surface area contributed by atoms with Gasteiger partial charge in [0.25, 0.3) is 5.91 Å². The molecule has 0 aliphatic carbocycles. The van der Waals surface area contributed by atoms with Gasteiger partial charge in [0.15, 0.2) is 10.8 Å². The molecule has 1 fully saturated rings. The van der Waals surface area contributed by atoms with Crippen molar-refractivity contribution in [3.05, 3.63) is 36.0 Å². The standard InChI is InChI=1S/C24H32N6O2S/c1-3-16-33-24-27-21(29-13-6-5-7-14-29)20-17-26-30(22(20)28-24)15-12-25-23(31)18-8-10-19(11-9-18)32-4-2/h8-11,17H,3-7,12-16H2,1-2H3,(H,25,31). The van der Waals surface area contributed by atoms with Gasteiger partial charge in [-0.1, -0.05) is 18.7 Å². The van der Waals surface area contributed by atoms with Crippen molar-refractivity contribution in [1.82, 2.24) is 25.1 Å². The first-order chi connectivity index (χ1) is 16.2. The van der Waals surface area contributed by atoms with E-state index in [4.69, 9.17) is 14.7 Å². The Balaban J connectivity index is 1.47. The highest BCUT2D eigenvalue weighted by molar-refractivity contribution is 7.99. The Morgan fingerprint density at radius 2 is 1.91 bits per heavy atom. The van der Waals surface area contributed by atoms with E-state index < -0.39 is 0 Å². The smallest absolute Gasteiger partial charge is 0.251 e. The van der Waals surface area contributed by atoms with Gasteiger partial charge in [0.1, 0.15) is 11.6 Å². The van der Waals surface area contributed by atoms with E-state index in [9.17, 15) is 4.79 Å². The van der Waals surface area contributed by atoms with Gasteiger partial charge in [0.05, 0.1) is 24.7 Å². The van der Waals surface area contributed by atoms with E-state index in [1.165, 1.54) is 19.3 Å². The van der Waals surface area contributed by atoms with Crippen molar-refractivity contribution in [1.29, 1.82) is 0 Å². The average molecular weight is 469 g/mol. The molecule has 0 radical (unpaired) electrons. The lowest BCUT2D eigenvalue weighted by atomic mass is 10.1. The summed E-state index contributed by atoms with van der Waals surface area (Å²) in [4.78, 5) is 24.6. The highest BCUT2D eigenvalue weighted by Gasteiger charge is 2.20. The van der Waals surface area contributed by atoms with Crippen LogP contribution in [0.5, 0.6) is 5.75 Å². The number of nitrogens with zero attached hydrogens (tertiary/aromatic N) is 5. The van der Waals surface area contributed by atoms with Crippen molar-refractivity contribution in [3.63, 3.8) is 0 Å². The Labute approximate surface area is 199 Å². The molecule has 0 saturated carbocycles. The fourth-order valence-corrected chi connectivity index (χ4v) is 4.62. The van der Waals surface area contributed by atoms with Crippen LogP contribution in [0, 0.1) is 0 Å². The molecule has 176 valence electrons. The Kier molecular flexibility index (Phi) is 8.04. The predicted molar refractivity (Wildman–Crippen MR) is 132 cm³/mol. The third kappa shape index (κ3) is 5.76. The van der Waals surface area contributed by atoms with Gasteiger partial charge < -0.3 is 15.0 Å². The molecule has 1 aliphatic rings. The molecule has 1 N–H and O–H groups in total. The first kappa shape index (κ1) is 23.4. The maximum absolute atomic E-state index is 12.5. The third-order valence-electron chi connectivity index (χ3n) is 5.58. The molecule has 0 atom stereocenters. The normalized spacial score (nSPS) is 13.9. The summed E-state index contributed by atoms with van der Waals surface area (Å²) in [7, 11) is 0. The van der Waals surface area contributed by atoms with Crippen LogP contribution in [0.15, 0.2) is 35.6 Å². The van der Waals surface area contributed by atoms with Gasteiger partial charge in [-0.05, 0) is 56.9 Å². The summed E-state index contributed by atoms with van der Waals surface area (Å²) in [6.07, 6.45) is 6.59. The lowest BCUT2D eigenvalue weighted by molar-refractivity contribution is 0.0952. The second-order valence-corrected chi connectivity index (χ2v) is 9.11. The molecule has 2 aromatic heterocycles. The highest BCUT2D eigenvalue weighted by Crippen LogP contribution is 2.29. The number of carbonyl (C=O) groups is 1. The van der Waals surface area contributed by atoms with Gasteiger partial charge in [-0.25, -0.2) is 14.6 Å². The molecule has 8 nitrogen and oxygen atoms in total. The van der Waals surface area contributed by atoms with Gasteiger partial charge in [-0.2, -0.15) is 5.10 Å². The summed E-state index contributed by atoms with van der Waals surface area (Å²) in [6.45, 7) is 7.75.